The van der Waals surface area contributed by atoms with E-state index in [9.17, 15) is 9.59 Å². The minimum atomic E-state index is -0.277. The number of nitrogen functional groups attached to an aromatic ring is 1. The van der Waals surface area contributed by atoms with Gasteiger partial charge >= 0.3 is 5.69 Å². The van der Waals surface area contributed by atoms with E-state index >= 15 is 0 Å². The van der Waals surface area contributed by atoms with Gasteiger partial charge in [0, 0.05) is 13.1 Å². The van der Waals surface area contributed by atoms with Crippen LogP contribution in [0.3, 0.4) is 0 Å². The molecule has 1 aliphatic rings. The number of likely N-dealkylation sites (tertiary alicyclic amines) is 1. The molecule has 0 bridgehead atoms. The molecule has 0 radical (unpaired) electrons. The summed E-state index contributed by atoms with van der Waals surface area (Å²) < 4.78 is 8.96. The van der Waals surface area contributed by atoms with Gasteiger partial charge < -0.3 is 15.4 Å². The number of nitrogens with zero attached hydrogens (tertiary/aromatic N) is 5. The molecular formula is C26H24N6O3. The van der Waals surface area contributed by atoms with Crippen LogP contribution < -0.4 is 16.2 Å². The van der Waals surface area contributed by atoms with Crippen molar-refractivity contribution in [2.24, 2.45) is 0 Å². The van der Waals surface area contributed by atoms with Crippen molar-refractivity contribution in [3.63, 3.8) is 0 Å². The second kappa shape index (κ2) is 9.35. The van der Waals surface area contributed by atoms with Crippen molar-refractivity contribution in [1.82, 2.24) is 24.0 Å². The van der Waals surface area contributed by atoms with Crippen LogP contribution in [0.15, 0.2) is 65.7 Å². The lowest BCUT2D eigenvalue weighted by Crippen LogP contribution is -2.31. The molecular weight excluding hydrogens is 444 g/mol. The summed E-state index contributed by atoms with van der Waals surface area (Å²) in [6, 6.07) is 16.9. The highest BCUT2D eigenvalue weighted by atomic mass is 16.5. The van der Waals surface area contributed by atoms with Crippen molar-refractivity contribution >= 4 is 22.9 Å². The van der Waals surface area contributed by atoms with E-state index in [1.54, 1.807) is 16.4 Å². The number of amides is 1. The van der Waals surface area contributed by atoms with E-state index in [1.165, 1.54) is 10.9 Å². The number of hydrogen-bond acceptors (Lipinski definition) is 6. The quantitative estimate of drug-likeness (QED) is 0.451. The first-order valence-corrected chi connectivity index (χ1v) is 11.3. The number of carbonyl (C=O) groups is 1. The number of rotatable bonds is 5. The number of nitrogens with two attached hydrogens (primary N) is 1. The molecule has 4 aromatic rings. The largest absolute Gasteiger partial charge is 0.489 e. The van der Waals surface area contributed by atoms with Crippen molar-refractivity contribution in [2.45, 2.75) is 26.0 Å². The third-order valence-electron chi connectivity index (χ3n) is 6.07. The van der Waals surface area contributed by atoms with E-state index in [2.05, 4.69) is 21.8 Å². The third kappa shape index (κ3) is 4.22. The SMILES string of the molecule is CC#CC(=O)N1CCC(n2c(=O)n(-c3ccc(COc4ccccc4)cc3)c3c(N)ncnc32)C1. The highest BCUT2D eigenvalue weighted by Crippen LogP contribution is 2.27. The Morgan fingerprint density at radius 2 is 1.91 bits per heavy atom. The van der Waals surface area contributed by atoms with Crippen LogP contribution in [0.1, 0.15) is 24.9 Å². The number of benzene rings is 2. The summed E-state index contributed by atoms with van der Waals surface area (Å²) in [7, 11) is 0. The maximum Gasteiger partial charge on any atom is 0.335 e. The highest BCUT2D eigenvalue weighted by Gasteiger charge is 2.31. The molecule has 1 atom stereocenters. The van der Waals surface area contributed by atoms with Gasteiger partial charge in [-0.15, -0.1) is 0 Å². The second-order valence-electron chi connectivity index (χ2n) is 8.26. The topological polar surface area (TPSA) is 108 Å². The van der Waals surface area contributed by atoms with Gasteiger partial charge in [-0.25, -0.2) is 14.8 Å². The predicted octanol–water partition coefficient (Wildman–Crippen LogP) is 2.54. The Morgan fingerprint density at radius 3 is 2.66 bits per heavy atom. The maximum absolute atomic E-state index is 13.7. The molecule has 2 aromatic heterocycles. The van der Waals surface area contributed by atoms with Crippen LogP contribution in [-0.2, 0) is 11.4 Å². The summed E-state index contributed by atoms with van der Waals surface area (Å²) >= 11 is 0. The van der Waals surface area contributed by atoms with E-state index in [-0.39, 0.29) is 23.5 Å². The van der Waals surface area contributed by atoms with Gasteiger partial charge in [0.15, 0.2) is 11.5 Å². The zero-order valence-corrected chi connectivity index (χ0v) is 19.2. The van der Waals surface area contributed by atoms with Crippen molar-refractivity contribution < 1.29 is 9.53 Å². The molecule has 1 aliphatic heterocycles. The molecule has 0 aliphatic carbocycles. The minimum Gasteiger partial charge on any atom is -0.489 e. The number of hydrogen-bond donors (Lipinski definition) is 1. The van der Waals surface area contributed by atoms with Crippen LogP contribution in [0.2, 0.25) is 0 Å². The molecule has 0 saturated carbocycles. The van der Waals surface area contributed by atoms with Crippen LogP contribution in [0.4, 0.5) is 5.82 Å². The summed E-state index contributed by atoms with van der Waals surface area (Å²) in [6.07, 6.45) is 1.97. The Balaban J connectivity index is 1.48. The lowest BCUT2D eigenvalue weighted by molar-refractivity contribution is -0.124. The fourth-order valence-electron chi connectivity index (χ4n) is 4.38. The number of ether oxygens (including phenoxy) is 1. The fraction of sp³-hybridized carbons (Fsp3) is 0.231. The molecule has 0 spiro atoms. The highest BCUT2D eigenvalue weighted by molar-refractivity contribution is 5.93. The summed E-state index contributed by atoms with van der Waals surface area (Å²) in [4.78, 5) is 36.1. The minimum absolute atomic E-state index is 0.213. The molecule has 1 amide bonds. The van der Waals surface area contributed by atoms with Crippen LogP contribution >= 0.6 is 0 Å². The van der Waals surface area contributed by atoms with Gasteiger partial charge in [0.05, 0.1) is 11.7 Å². The standard InChI is InChI=1S/C26H24N6O3/c1-2-6-22(33)30-14-13-20(15-30)32-25-23(24(27)28-17-29-25)31(26(32)34)19-11-9-18(10-12-19)16-35-21-7-4-3-5-8-21/h3-5,7-12,17,20H,13-16H2,1H3,(H2,27,28,29). The summed E-state index contributed by atoms with van der Waals surface area (Å²) in [5.41, 5.74) is 8.43. The number of fused-ring (bicyclic) bond motifs is 1. The molecule has 1 fully saturated rings. The average molecular weight is 469 g/mol. The Kier molecular flexibility index (Phi) is 5.94. The average Bonchev–Trinajstić information content (AvgIpc) is 3.47. The molecule has 1 saturated heterocycles. The maximum atomic E-state index is 13.7. The normalized spacial score (nSPS) is 15.1. The number of imidazole rings is 1. The Hall–Kier alpha value is -4.58. The second-order valence-corrected chi connectivity index (χ2v) is 8.26. The van der Waals surface area contributed by atoms with Crippen LogP contribution in [-0.4, -0.2) is 43.0 Å². The lowest BCUT2D eigenvalue weighted by Gasteiger charge is -2.14. The molecule has 2 N–H and O–H groups in total. The zero-order chi connectivity index (χ0) is 24.4. The molecule has 3 heterocycles. The van der Waals surface area contributed by atoms with Gasteiger partial charge in [-0.05, 0) is 49.1 Å². The number of carbonyl (C=O) groups excluding carboxylic acids is 1. The lowest BCUT2D eigenvalue weighted by atomic mass is 10.2. The summed E-state index contributed by atoms with van der Waals surface area (Å²) in [6.45, 7) is 2.93. The third-order valence-corrected chi connectivity index (χ3v) is 6.07. The smallest absolute Gasteiger partial charge is 0.335 e. The summed E-state index contributed by atoms with van der Waals surface area (Å²) in [5, 5.41) is 0. The van der Waals surface area contributed by atoms with E-state index in [0.29, 0.717) is 43.0 Å². The van der Waals surface area contributed by atoms with Crippen molar-refractivity contribution in [2.75, 3.05) is 18.8 Å². The van der Waals surface area contributed by atoms with Gasteiger partial charge in [0.25, 0.3) is 5.91 Å². The van der Waals surface area contributed by atoms with Crippen LogP contribution in [0.25, 0.3) is 16.9 Å². The molecule has 1 unspecified atom stereocenters. The van der Waals surface area contributed by atoms with Crippen molar-refractivity contribution in [3.8, 4) is 23.3 Å². The van der Waals surface area contributed by atoms with Crippen molar-refractivity contribution in [1.29, 1.82) is 0 Å². The molecule has 9 heteroatoms. The Bertz CT molecular complexity index is 1500. The van der Waals surface area contributed by atoms with E-state index in [1.807, 2.05) is 54.6 Å². The molecule has 9 nitrogen and oxygen atoms in total. The fourth-order valence-corrected chi connectivity index (χ4v) is 4.38. The van der Waals surface area contributed by atoms with Gasteiger partial charge in [-0.2, -0.15) is 0 Å². The van der Waals surface area contributed by atoms with Gasteiger partial charge in [-0.1, -0.05) is 36.3 Å². The van der Waals surface area contributed by atoms with Gasteiger partial charge in [0.2, 0.25) is 0 Å². The Morgan fingerprint density at radius 1 is 1.14 bits per heavy atom. The first-order chi connectivity index (χ1) is 17.1. The predicted molar refractivity (Wildman–Crippen MR) is 132 cm³/mol. The molecule has 176 valence electrons. The Labute approximate surface area is 201 Å². The first-order valence-electron chi connectivity index (χ1n) is 11.3. The van der Waals surface area contributed by atoms with Crippen molar-refractivity contribution in [3.05, 3.63) is 77.0 Å². The summed E-state index contributed by atoms with van der Waals surface area (Å²) in [5.74, 6) is 5.96. The monoisotopic (exact) mass is 468 g/mol. The van der Waals surface area contributed by atoms with Crippen LogP contribution in [0.5, 0.6) is 5.75 Å². The number of anilines is 1. The van der Waals surface area contributed by atoms with E-state index in [0.717, 1.165) is 11.3 Å². The number of para-hydroxylation sites is 1. The van der Waals surface area contributed by atoms with E-state index < -0.39 is 0 Å². The van der Waals surface area contributed by atoms with Gasteiger partial charge in [0.1, 0.15) is 24.2 Å². The zero-order valence-electron chi connectivity index (χ0n) is 19.2. The number of aromatic nitrogens is 4. The molecule has 2 aromatic carbocycles. The van der Waals surface area contributed by atoms with Gasteiger partial charge in [-0.3, -0.25) is 13.9 Å². The molecule has 5 rings (SSSR count). The first kappa shape index (κ1) is 22.2. The van der Waals surface area contributed by atoms with Crippen LogP contribution in [0, 0.1) is 11.8 Å². The molecule has 35 heavy (non-hydrogen) atoms. The van der Waals surface area contributed by atoms with E-state index in [4.69, 9.17) is 10.5 Å².